The summed E-state index contributed by atoms with van der Waals surface area (Å²) >= 11 is 0. The van der Waals surface area contributed by atoms with Crippen molar-refractivity contribution in [2.24, 2.45) is 5.92 Å². The Balaban J connectivity index is 2.37. The summed E-state index contributed by atoms with van der Waals surface area (Å²) < 4.78 is 5.30. The summed E-state index contributed by atoms with van der Waals surface area (Å²) in [6.45, 7) is 7.63. The van der Waals surface area contributed by atoms with E-state index in [1.807, 2.05) is 6.08 Å². The first-order chi connectivity index (χ1) is 8.80. The SMILES string of the molecule is C=C=CC[C@@H]1c2ccc(OC)cc2CC[C@H]1C=C. The van der Waals surface area contributed by atoms with Crippen LogP contribution in [0.1, 0.15) is 29.9 Å². The van der Waals surface area contributed by atoms with E-state index in [9.17, 15) is 0 Å². The van der Waals surface area contributed by atoms with Crippen molar-refractivity contribution in [1.29, 1.82) is 0 Å². The van der Waals surface area contributed by atoms with Gasteiger partial charge in [0.1, 0.15) is 5.75 Å². The molecule has 1 aliphatic carbocycles. The minimum Gasteiger partial charge on any atom is -0.497 e. The lowest BCUT2D eigenvalue weighted by atomic mass is 9.73. The van der Waals surface area contributed by atoms with Crippen molar-refractivity contribution in [3.63, 3.8) is 0 Å². The lowest BCUT2D eigenvalue weighted by Crippen LogP contribution is -2.18. The van der Waals surface area contributed by atoms with Gasteiger partial charge in [-0.05, 0) is 60.4 Å². The van der Waals surface area contributed by atoms with Crippen molar-refractivity contribution in [2.45, 2.75) is 25.2 Å². The summed E-state index contributed by atoms with van der Waals surface area (Å²) in [7, 11) is 1.72. The number of hydrogen-bond donors (Lipinski definition) is 0. The number of benzene rings is 1. The third-order valence-corrected chi connectivity index (χ3v) is 3.83. The molecule has 0 unspecified atom stereocenters. The van der Waals surface area contributed by atoms with Gasteiger partial charge in [-0.25, -0.2) is 0 Å². The van der Waals surface area contributed by atoms with Crippen LogP contribution in [0.3, 0.4) is 0 Å². The lowest BCUT2D eigenvalue weighted by Gasteiger charge is -2.31. The summed E-state index contributed by atoms with van der Waals surface area (Å²) in [4.78, 5) is 0. The van der Waals surface area contributed by atoms with Crippen LogP contribution < -0.4 is 4.74 Å². The molecule has 1 heteroatoms. The highest BCUT2D eigenvalue weighted by Crippen LogP contribution is 2.40. The van der Waals surface area contributed by atoms with Crippen LogP contribution in [0.4, 0.5) is 0 Å². The van der Waals surface area contributed by atoms with Gasteiger partial charge < -0.3 is 4.74 Å². The molecule has 0 amide bonds. The minimum absolute atomic E-state index is 0.506. The van der Waals surface area contributed by atoms with E-state index in [1.165, 1.54) is 17.5 Å². The summed E-state index contributed by atoms with van der Waals surface area (Å²) in [6.07, 6.45) is 7.38. The van der Waals surface area contributed by atoms with Crippen LogP contribution >= 0.6 is 0 Å². The molecule has 0 heterocycles. The highest BCUT2D eigenvalue weighted by Gasteiger charge is 2.26. The van der Waals surface area contributed by atoms with Crippen molar-refractivity contribution < 1.29 is 4.74 Å². The normalized spacial score (nSPS) is 21.6. The summed E-state index contributed by atoms with van der Waals surface area (Å²) in [5.74, 6) is 2.01. The predicted octanol–water partition coefficient (Wildman–Crippen LogP) is 4.26. The molecular weight excluding hydrogens is 220 g/mol. The molecule has 0 N–H and O–H groups in total. The van der Waals surface area contributed by atoms with E-state index in [1.54, 1.807) is 7.11 Å². The Morgan fingerprint density at radius 2 is 2.33 bits per heavy atom. The van der Waals surface area contributed by atoms with Crippen LogP contribution in [0.25, 0.3) is 0 Å². The van der Waals surface area contributed by atoms with Crippen molar-refractivity contribution in [2.75, 3.05) is 7.11 Å². The smallest absolute Gasteiger partial charge is 0.119 e. The summed E-state index contributed by atoms with van der Waals surface area (Å²) in [6, 6.07) is 6.42. The Kier molecular flexibility index (Phi) is 4.07. The fourth-order valence-electron chi connectivity index (χ4n) is 2.84. The largest absolute Gasteiger partial charge is 0.497 e. The van der Waals surface area contributed by atoms with Gasteiger partial charge in [-0.2, -0.15) is 0 Å². The first-order valence-corrected chi connectivity index (χ1v) is 6.43. The highest BCUT2D eigenvalue weighted by atomic mass is 16.5. The number of aryl methyl sites for hydroxylation is 1. The Bertz CT molecular complexity index is 480. The summed E-state index contributed by atoms with van der Waals surface area (Å²) in [5.41, 5.74) is 5.72. The zero-order valence-electron chi connectivity index (χ0n) is 11.0. The van der Waals surface area contributed by atoms with Gasteiger partial charge in [-0.1, -0.05) is 18.7 Å². The maximum Gasteiger partial charge on any atom is 0.119 e. The molecule has 0 saturated heterocycles. The van der Waals surface area contributed by atoms with E-state index < -0.39 is 0 Å². The second-order valence-electron chi connectivity index (χ2n) is 4.75. The van der Waals surface area contributed by atoms with E-state index in [-0.39, 0.29) is 0 Å². The van der Waals surface area contributed by atoms with Gasteiger partial charge in [0.15, 0.2) is 0 Å². The van der Waals surface area contributed by atoms with Gasteiger partial charge in [-0.3, -0.25) is 0 Å². The quantitative estimate of drug-likeness (QED) is 0.564. The Morgan fingerprint density at radius 3 is 3.00 bits per heavy atom. The van der Waals surface area contributed by atoms with Gasteiger partial charge >= 0.3 is 0 Å². The molecule has 94 valence electrons. The van der Waals surface area contributed by atoms with Crippen molar-refractivity contribution in [1.82, 2.24) is 0 Å². The van der Waals surface area contributed by atoms with Crippen LogP contribution in [0.2, 0.25) is 0 Å². The molecular formula is C17H20O. The predicted molar refractivity (Wildman–Crippen MR) is 76.1 cm³/mol. The molecule has 0 fully saturated rings. The molecule has 0 aromatic heterocycles. The molecule has 0 aliphatic heterocycles. The number of hydrogen-bond acceptors (Lipinski definition) is 1. The Labute approximate surface area is 109 Å². The van der Waals surface area contributed by atoms with Crippen LogP contribution in [-0.2, 0) is 6.42 Å². The molecule has 0 bridgehead atoms. The van der Waals surface area contributed by atoms with E-state index in [0.29, 0.717) is 11.8 Å². The van der Waals surface area contributed by atoms with Gasteiger partial charge in [0.2, 0.25) is 0 Å². The van der Waals surface area contributed by atoms with E-state index in [4.69, 9.17) is 4.74 Å². The summed E-state index contributed by atoms with van der Waals surface area (Å²) in [5, 5.41) is 0. The van der Waals surface area contributed by atoms with Gasteiger partial charge in [0, 0.05) is 0 Å². The molecule has 1 aromatic rings. The number of allylic oxidation sites excluding steroid dienone is 2. The Morgan fingerprint density at radius 1 is 1.50 bits per heavy atom. The number of rotatable bonds is 4. The van der Waals surface area contributed by atoms with Crippen molar-refractivity contribution >= 4 is 0 Å². The van der Waals surface area contributed by atoms with Crippen LogP contribution in [0.5, 0.6) is 5.75 Å². The van der Waals surface area contributed by atoms with Crippen LogP contribution in [0, 0.1) is 5.92 Å². The topological polar surface area (TPSA) is 9.23 Å². The molecule has 0 saturated carbocycles. The maximum absolute atomic E-state index is 5.30. The number of ether oxygens (including phenoxy) is 1. The standard InChI is InChI=1S/C17H20O/c1-4-6-7-16-13(5-2)8-9-14-12-15(18-3)10-11-17(14)16/h5-6,10-13,16H,1-2,7-9H2,3H3/t13-,16+/m1/s1. The van der Waals surface area contributed by atoms with Gasteiger partial charge in [-0.15, -0.1) is 12.3 Å². The number of fused-ring (bicyclic) bond motifs is 1. The third kappa shape index (κ3) is 2.42. The first kappa shape index (κ1) is 12.7. The fraction of sp³-hybridized carbons (Fsp3) is 0.353. The van der Waals surface area contributed by atoms with E-state index in [2.05, 4.69) is 43.2 Å². The molecule has 0 radical (unpaired) electrons. The second kappa shape index (κ2) is 5.75. The Hall–Kier alpha value is -1.72. The molecule has 18 heavy (non-hydrogen) atoms. The first-order valence-electron chi connectivity index (χ1n) is 6.43. The molecule has 0 spiro atoms. The highest BCUT2D eigenvalue weighted by molar-refractivity contribution is 5.40. The molecule has 2 atom stereocenters. The van der Waals surface area contributed by atoms with E-state index in [0.717, 1.165) is 18.6 Å². The average molecular weight is 240 g/mol. The van der Waals surface area contributed by atoms with Crippen molar-refractivity contribution in [3.05, 3.63) is 60.4 Å². The zero-order valence-corrected chi connectivity index (χ0v) is 11.0. The zero-order chi connectivity index (χ0) is 13.0. The van der Waals surface area contributed by atoms with Gasteiger partial charge in [0.05, 0.1) is 7.11 Å². The van der Waals surface area contributed by atoms with E-state index >= 15 is 0 Å². The maximum atomic E-state index is 5.30. The van der Waals surface area contributed by atoms with Crippen molar-refractivity contribution in [3.8, 4) is 5.75 Å². The molecule has 1 aromatic carbocycles. The third-order valence-electron chi connectivity index (χ3n) is 3.83. The number of methoxy groups -OCH3 is 1. The molecule has 1 aliphatic rings. The van der Waals surface area contributed by atoms with Gasteiger partial charge in [0.25, 0.3) is 0 Å². The lowest BCUT2D eigenvalue weighted by molar-refractivity contribution is 0.409. The monoisotopic (exact) mass is 240 g/mol. The van der Waals surface area contributed by atoms with Crippen LogP contribution in [-0.4, -0.2) is 7.11 Å². The minimum atomic E-state index is 0.506. The van der Waals surface area contributed by atoms with Crippen LogP contribution in [0.15, 0.2) is 49.2 Å². The average Bonchev–Trinajstić information content (AvgIpc) is 2.43. The second-order valence-corrected chi connectivity index (χ2v) is 4.75. The molecule has 2 rings (SSSR count). The fourth-order valence-corrected chi connectivity index (χ4v) is 2.84. The molecule has 1 nitrogen and oxygen atoms in total.